The highest BCUT2D eigenvalue weighted by Gasteiger charge is 2.44. The zero-order chi connectivity index (χ0) is 21.3. The number of amides is 1. The number of benzene rings is 2. The number of H-pyrrole nitrogens is 1. The summed E-state index contributed by atoms with van der Waals surface area (Å²) in [4.78, 5) is 30.3. The summed E-state index contributed by atoms with van der Waals surface area (Å²) in [6.45, 7) is 0.191. The fourth-order valence-corrected chi connectivity index (χ4v) is 4.08. The Hall–Kier alpha value is -2.96. The molecule has 1 aliphatic rings. The van der Waals surface area contributed by atoms with Crippen molar-refractivity contribution in [1.29, 1.82) is 0 Å². The quantitative estimate of drug-likeness (QED) is 0.324. The molecule has 0 bridgehead atoms. The van der Waals surface area contributed by atoms with Crippen molar-refractivity contribution in [3.63, 3.8) is 0 Å². The number of ketones is 1. The number of aromatic amines is 1. The average Bonchev–Trinajstić information content (AvgIpc) is 2.99. The molecule has 1 fully saturated rings. The van der Waals surface area contributed by atoms with Crippen LogP contribution >= 0.6 is 27.5 Å². The molecular weight excluding hydrogens is 468 g/mol. The predicted octanol–water partition coefficient (Wildman–Crippen LogP) is 3.34. The van der Waals surface area contributed by atoms with Crippen molar-refractivity contribution in [3.8, 4) is 0 Å². The van der Waals surface area contributed by atoms with Crippen LogP contribution < -0.4 is 10.1 Å². The lowest BCUT2D eigenvalue weighted by atomic mass is 9.95. The molecule has 5 nitrogen and oxygen atoms in total. The molecule has 4 rings (SSSR count). The molecule has 3 aromatic rings. The van der Waals surface area contributed by atoms with Gasteiger partial charge in [0.1, 0.15) is 0 Å². The monoisotopic (exact) mass is 482 g/mol. The lowest BCUT2D eigenvalue weighted by molar-refractivity contribution is -0.378. The Morgan fingerprint density at radius 2 is 1.87 bits per heavy atom. The second-order valence-corrected chi connectivity index (χ2v) is 8.23. The smallest absolute Gasteiger partial charge is 0.295 e. The molecule has 7 heteroatoms. The summed E-state index contributed by atoms with van der Waals surface area (Å²) in [5, 5.41) is 13.8. The Balaban J connectivity index is 1.87. The molecule has 1 aliphatic heterocycles. The average molecular weight is 484 g/mol. The molecule has 0 radical (unpaired) electrons. The summed E-state index contributed by atoms with van der Waals surface area (Å²) >= 11 is 9.36. The Bertz CT molecular complexity index is 1150. The van der Waals surface area contributed by atoms with Crippen LogP contribution in [0.15, 0.2) is 83.1 Å². The van der Waals surface area contributed by atoms with Gasteiger partial charge in [0.2, 0.25) is 5.78 Å². The van der Waals surface area contributed by atoms with Crippen LogP contribution in [0.3, 0.4) is 0 Å². The molecule has 0 aliphatic carbocycles. The first kappa shape index (κ1) is 20.3. The third-order valence-corrected chi connectivity index (χ3v) is 5.67. The van der Waals surface area contributed by atoms with Gasteiger partial charge in [-0.05, 0) is 41.5 Å². The first-order valence-electron chi connectivity index (χ1n) is 9.18. The maximum Gasteiger partial charge on any atom is 0.295 e. The number of halogens is 2. The highest BCUT2D eigenvalue weighted by atomic mass is 79.9. The van der Waals surface area contributed by atoms with Crippen LogP contribution in [0, 0.1) is 0 Å². The van der Waals surface area contributed by atoms with Gasteiger partial charge in [0.25, 0.3) is 5.91 Å². The van der Waals surface area contributed by atoms with Gasteiger partial charge in [-0.15, -0.1) is 0 Å². The predicted molar refractivity (Wildman–Crippen MR) is 114 cm³/mol. The van der Waals surface area contributed by atoms with Gasteiger partial charge in [-0.25, -0.2) is 4.98 Å². The summed E-state index contributed by atoms with van der Waals surface area (Å²) < 4.78 is 0.790. The van der Waals surface area contributed by atoms with E-state index in [9.17, 15) is 14.7 Å². The minimum atomic E-state index is -0.786. The summed E-state index contributed by atoms with van der Waals surface area (Å²) in [7, 11) is 0. The third-order valence-electron chi connectivity index (χ3n) is 4.92. The second kappa shape index (κ2) is 8.42. The number of hydrogen-bond donors (Lipinski definition) is 0. The Kier molecular flexibility index (Phi) is 5.70. The summed E-state index contributed by atoms with van der Waals surface area (Å²) in [5.74, 6) is -1.95. The van der Waals surface area contributed by atoms with Gasteiger partial charge in [0.05, 0.1) is 12.6 Å². The van der Waals surface area contributed by atoms with Crippen molar-refractivity contribution < 1.29 is 19.7 Å². The lowest BCUT2D eigenvalue weighted by Crippen LogP contribution is -2.29. The first-order chi connectivity index (χ1) is 14.5. The van der Waals surface area contributed by atoms with Gasteiger partial charge >= 0.3 is 0 Å². The van der Waals surface area contributed by atoms with Crippen LogP contribution in [0.1, 0.15) is 22.7 Å². The van der Waals surface area contributed by atoms with Crippen LogP contribution in [0.4, 0.5) is 0 Å². The summed E-state index contributed by atoms with van der Waals surface area (Å²) in [6.07, 6.45) is 3.52. The zero-order valence-electron chi connectivity index (χ0n) is 15.6. The molecule has 150 valence electrons. The van der Waals surface area contributed by atoms with Gasteiger partial charge in [0.15, 0.2) is 12.4 Å². The van der Waals surface area contributed by atoms with Crippen molar-refractivity contribution in [2.75, 3.05) is 0 Å². The highest BCUT2D eigenvalue weighted by Crippen LogP contribution is 2.40. The van der Waals surface area contributed by atoms with E-state index in [1.807, 2.05) is 30.3 Å². The Morgan fingerprint density at radius 1 is 1.10 bits per heavy atom. The molecule has 1 N–H and O–H groups in total. The van der Waals surface area contributed by atoms with Crippen molar-refractivity contribution in [2.24, 2.45) is 0 Å². The van der Waals surface area contributed by atoms with Crippen LogP contribution in [0.25, 0.3) is 5.76 Å². The molecule has 1 unspecified atom stereocenters. The number of pyridine rings is 1. The molecule has 30 heavy (non-hydrogen) atoms. The number of rotatable bonds is 4. The molecule has 2 aromatic carbocycles. The number of nitrogens with zero attached hydrogens (tertiary/aromatic N) is 1. The maximum absolute atomic E-state index is 13.3. The van der Waals surface area contributed by atoms with Crippen LogP contribution in [-0.4, -0.2) is 16.6 Å². The van der Waals surface area contributed by atoms with Crippen LogP contribution in [-0.2, 0) is 16.1 Å². The van der Waals surface area contributed by atoms with Gasteiger partial charge in [-0.2, -0.15) is 0 Å². The fourth-order valence-electron chi connectivity index (χ4n) is 3.54. The molecule has 2 heterocycles. The lowest BCUT2D eigenvalue weighted by Gasteiger charge is -2.27. The van der Waals surface area contributed by atoms with Crippen LogP contribution in [0.2, 0.25) is 5.02 Å². The first-order valence-corrected chi connectivity index (χ1v) is 10.4. The number of carbonyl (C=O) groups excluding carboxylic acids is 2. The number of Topliss-reactive ketones (excluding diaryl/α,β-unsaturated/α-hetero) is 1. The molecule has 0 saturated carbocycles. The number of carbonyl (C=O) groups is 2. The van der Waals surface area contributed by atoms with E-state index in [1.54, 1.807) is 42.7 Å². The molecule has 0 spiro atoms. The van der Waals surface area contributed by atoms with Crippen molar-refractivity contribution >= 4 is 45.0 Å². The number of likely N-dealkylation sites (tertiary alicyclic amines) is 1. The van der Waals surface area contributed by atoms with Gasteiger partial charge in [-0.1, -0.05) is 57.6 Å². The maximum atomic E-state index is 13.3. The normalized spacial score (nSPS) is 18.1. The SMILES string of the molecule is O=C1C(=O)N(Cc2ccc[nH+]c2)C(c2cccc(Br)c2)C1=C([O-])c1ccc(Cl)cc1. The van der Waals surface area contributed by atoms with E-state index in [0.717, 1.165) is 10.0 Å². The van der Waals surface area contributed by atoms with E-state index in [0.29, 0.717) is 16.1 Å². The highest BCUT2D eigenvalue weighted by molar-refractivity contribution is 9.10. The van der Waals surface area contributed by atoms with Crippen molar-refractivity contribution in [3.05, 3.63) is 105 Å². The van der Waals surface area contributed by atoms with Gasteiger partial charge < -0.3 is 10.0 Å². The van der Waals surface area contributed by atoms with E-state index < -0.39 is 23.5 Å². The molecule has 1 amide bonds. The minimum absolute atomic E-state index is 0.0552. The number of nitrogens with one attached hydrogen (secondary N) is 1. The zero-order valence-corrected chi connectivity index (χ0v) is 18.0. The van der Waals surface area contributed by atoms with Crippen molar-refractivity contribution in [1.82, 2.24) is 4.90 Å². The van der Waals surface area contributed by atoms with E-state index >= 15 is 0 Å². The minimum Gasteiger partial charge on any atom is -0.872 e. The summed E-state index contributed by atoms with van der Waals surface area (Å²) in [5.41, 5.74) is 1.76. The second-order valence-electron chi connectivity index (χ2n) is 6.88. The van der Waals surface area contributed by atoms with Gasteiger partial charge in [0, 0.05) is 26.7 Å². The number of aromatic nitrogens is 1. The fraction of sp³-hybridized carbons (Fsp3) is 0.0870. The van der Waals surface area contributed by atoms with Crippen molar-refractivity contribution in [2.45, 2.75) is 12.6 Å². The van der Waals surface area contributed by atoms with Crippen LogP contribution in [0.5, 0.6) is 0 Å². The van der Waals surface area contributed by atoms with E-state index in [1.165, 1.54) is 4.90 Å². The standard InChI is InChI=1S/C23H16BrClN2O3/c24-17-5-1-4-16(11-17)20-19(21(28)15-6-8-18(25)9-7-15)22(29)23(30)27(20)13-14-3-2-10-26-12-14/h1-12,20,28H,13H2. The topological polar surface area (TPSA) is 74.6 Å². The largest absolute Gasteiger partial charge is 0.872 e. The Labute approximate surface area is 186 Å². The van der Waals surface area contributed by atoms with E-state index in [2.05, 4.69) is 20.9 Å². The van der Waals surface area contributed by atoms with E-state index in [4.69, 9.17) is 11.6 Å². The molecule has 1 saturated heterocycles. The third kappa shape index (κ3) is 3.88. The summed E-state index contributed by atoms with van der Waals surface area (Å²) in [6, 6.07) is 16.4. The van der Waals surface area contributed by atoms with E-state index in [-0.39, 0.29) is 12.1 Å². The Morgan fingerprint density at radius 3 is 2.53 bits per heavy atom. The molecular formula is C23H16BrClN2O3. The number of hydrogen-bond acceptors (Lipinski definition) is 3. The molecule has 1 aromatic heterocycles. The molecule has 1 atom stereocenters. The van der Waals surface area contributed by atoms with Gasteiger partial charge in [-0.3, -0.25) is 9.59 Å².